The van der Waals surface area contributed by atoms with Crippen molar-refractivity contribution in [3.05, 3.63) is 36.4 Å². The lowest BCUT2D eigenvalue weighted by Crippen LogP contribution is -2.22. The number of carbonyl (C=O) groups is 1. The molecule has 0 aromatic heterocycles. The van der Waals surface area contributed by atoms with Crippen LogP contribution in [0.15, 0.2) is 36.4 Å². The van der Waals surface area contributed by atoms with Gasteiger partial charge in [0.15, 0.2) is 0 Å². The summed E-state index contributed by atoms with van der Waals surface area (Å²) in [5.41, 5.74) is 0.697. The van der Waals surface area contributed by atoms with Crippen LogP contribution in [0.25, 0.3) is 0 Å². The summed E-state index contributed by atoms with van der Waals surface area (Å²) < 4.78 is 4.69. The first-order valence-corrected chi connectivity index (χ1v) is 4.59. The lowest BCUT2D eigenvalue weighted by Gasteiger charge is -2.11. The molecular weight excluding hydrogens is 209 g/mol. The van der Waals surface area contributed by atoms with E-state index in [1.54, 1.807) is 25.1 Å². The summed E-state index contributed by atoms with van der Waals surface area (Å²) in [6, 6.07) is 6.42. The third-order valence-electron chi connectivity index (χ3n) is 1.76. The van der Waals surface area contributed by atoms with Gasteiger partial charge in [0.1, 0.15) is 5.75 Å². The van der Waals surface area contributed by atoms with Crippen LogP contribution in [0.5, 0.6) is 5.75 Å². The van der Waals surface area contributed by atoms with Crippen LogP contribution in [0, 0.1) is 0 Å². The SMILES string of the molecule is C=C(C)C(=O)Nc1ccccc1OB(O)O. The van der Waals surface area contributed by atoms with Gasteiger partial charge in [-0.15, -0.1) is 0 Å². The van der Waals surface area contributed by atoms with Crippen molar-refractivity contribution >= 4 is 18.9 Å². The van der Waals surface area contributed by atoms with E-state index >= 15 is 0 Å². The maximum atomic E-state index is 11.4. The monoisotopic (exact) mass is 221 g/mol. The standard InChI is InChI=1S/C10H12BNO4/c1-7(2)10(13)12-8-5-3-4-6-9(8)16-11(14)15/h3-6,14-15H,1H2,2H3,(H,12,13). The summed E-state index contributed by atoms with van der Waals surface area (Å²) in [5.74, 6) is -0.185. The first kappa shape index (κ1) is 12.3. The predicted octanol–water partition coefficient (Wildman–Crippen LogP) is 0.549. The van der Waals surface area contributed by atoms with Crippen LogP contribution in [0.2, 0.25) is 0 Å². The number of nitrogens with one attached hydrogen (secondary N) is 1. The van der Waals surface area contributed by atoms with Gasteiger partial charge in [0.05, 0.1) is 5.69 Å². The highest BCUT2D eigenvalue weighted by Gasteiger charge is 2.15. The Morgan fingerprint density at radius 1 is 1.44 bits per heavy atom. The average Bonchev–Trinajstić information content (AvgIpc) is 2.20. The molecule has 0 saturated heterocycles. The normalized spacial score (nSPS) is 9.44. The van der Waals surface area contributed by atoms with Crippen molar-refractivity contribution in [2.75, 3.05) is 5.32 Å². The Morgan fingerprint density at radius 2 is 2.06 bits per heavy atom. The second-order valence-corrected chi connectivity index (χ2v) is 3.17. The van der Waals surface area contributed by atoms with E-state index in [2.05, 4.69) is 11.9 Å². The molecule has 1 aromatic rings. The molecular formula is C10H12BNO4. The molecule has 0 fully saturated rings. The molecule has 0 aliphatic heterocycles. The second kappa shape index (κ2) is 5.34. The minimum absolute atomic E-state index is 0.173. The van der Waals surface area contributed by atoms with Crippen molar-refractivity contribution in [2.45, 2.75) is 6.92 Å². The summed E-state index contributed by atoms with van der Waals surface area (Å²) in [6.45, 7) is 5.06. The molecule has 0 spiro atoms. The Balaban J connectivity index is 2.86. The van der Waals surface area contributed by atoms with Crippen LogP contribution in [0.3, 0.4) is 0 Å². The molecule has 1 rings (SSSR count). The van der Waals surface area contributed by atoms with E-state index in [9.17, 15) is 4.79 Å². The van der Waals surface area contributed by atoms with E-state index in [4.69, 9.17) is 14.7 Å². The molecule has 0 radical (unpaired) electrons. The van der Waals surface area contributed by atoms with Gasteiger partial charge in [0.25, 0.3) is 5.91 Å². The largest absolute Gasteiger partial charge is 0.707 e. The molecule has 0 heterocycles. The minimum Gasteiger partial charge on any atom is -0.510 e. The lowest BCUT2D eigenvalue weighted by molar-refractivity contribution is -0.112. The first-order valence-electron chi connectivity index (χ1n) is 4.59. The molecule has 0 bridgehead atoms. The first-order chi connectivity index (χ1) is 7.50. The molecule has 0 unspecified atom stereocenters. The highest BCUT2D eigenvalue weighted by molar-refractivity contribution is 6.34. The third kappa shape index (κ3) is 3.41. The van der Waals surface area contributed by atoms with E-state index in [-0.39, 0.29) is 11.7 Å². The molecule has 5 nitrogen and oxygen atoms in total. The molecule has 0 aliphatic carbocycles. The highest BCUT2D eigenvalue weighted by Crippen LogP contribution is 2.24. The number of amides is 1. The Bertz CT molecular complexity index is 406. The van der Waals surface area contributed by atoms with Crippen LogP contribution in [-0.2, 0) is 4.79 Å². The quantitative estimate of drug-likeness (QED) is 0.512. The van der Waals surface area contributed by atoms with Crippen molar-refractivity contribution in [3.8, 4) is 5.75 Å². The van der Waals surface area contributed by atoms with Gasteiger partial charge in [-0.2, -0.15) is 0 Å². The molecule has 1 amide bonds. The lowest BCUT2D eigenvalue weighted by atomic mass is 10.2. The van der Waals surface area contributed by atoms with Crippen molar-refractivity contribution in [3.63, 3.8) is 0 Å². The summed E-state index contributed by atoms with van der Waals surface area (Å²) in [5, 5.41) is 19.9. The Hall–Kier alpha value is -1.79. The van der Waals surface area contributed by atoms with E-state index < -0.39 is 7.32 Å². The van der Waals surface area contributed by atoms with Gasteiger partial charge in [-0.3, -0.25) is 4.79 Å². The van der Waals surface area contributed by atoms with Gasteiger partial charge in [-0.1, -0.05) is 18.7 Å². The number of benzene rings is 1. The van der Waals surface area contributed by atoms with Crippen LogP contribution in [0.4, 0.5) is 5.69 Å². The van der Waals surface area contributed by atoms with Gasteiger partial charge in [0, 0.05) is 5.57 Å². The number of anilines is 1. The average molecular weight is 221 g/mol. The van der Waals surface area contributed by atoms with Crippen molar-refractivity contribution < 1.29 is 19.5 Å². The van der Waals surface area contributed by atoms with Gasteiger partial charge in [-0.25, -0.2) is 0 Å². The molecule has 0 aliphatic rings. The number of hydrogen-bond acceptors (Lipinski definition) is 4. The van der Waals surface area contributed by atoms with Gasteiger partial charge in [-0.05, 0) is 19.1 Å². The van der Waals surface area contributed by atoms with Gasteiger partial charge < -0.3 is 20.0 Å². The zero-order valence-electron chi connectivity index (χ0n) is 8.80. The molecule has 3 N–H and O–H groups in total. The van der Waals surface area contributed by atoms with Crippen molar-refractivity contribution in [1.82, 2.24) is 0 Å². The zero-order valence-corrected chi connectivity index (χ0v) is 8.80. The molecule has 0 saturated carbocycles. The van der Waals surface area contributed by atoms with E-state index in [1.165, 1.54) is 6.07 Å². The number of para-hydroxylation sites is 2. The Kier molecular flexibility index (Phi) is 4.10. The second-order valence-electron chi connectivity index (χ2n) is 3.17. The van der Waals surface area contributed by atoms with E-state index in [0.717, 1.165) is 0 Å². The molecule has 84 valence electrons. The fourth-order valence-corrected chi connectivity index (χ4v) is 1.02. The molecule has 16 heavy (non-hydrogen) atoms. The van der Waals surface area contributed by atoms with Crippen LogP contribution >= 0.6 is 0 Å². The van der Waals surface area contributed by atoms with Crippen LogP contribution in [-0.4, -0.2) is 23.3 Å². The maximum absolute atomic E-state index is 11.4. The third-order valence-corrected chi connectivity index (χ3v) is 1.76. The fraction of sp³-hybridized carbons (Fsp3) is 0.100. The minimum atomic E-state index is -1.93. The van der Waals surface area contributed by atoms with Crippen molar-refractivity contribution in [1.29, 1.82) is 0 Å². The topological polar surface area (TPSA) is 78.8 Å². The Labute approximate surface area is 93.5 Å². The fourth-order valence-electron chi connectivity index (χ4n) is 1.02. The van der Waals surface area contributed by atoms with Gasteiger partial charge in [0.2, 0.25) is 0 Å². The molecule has 6 heteroatoms. The van der Waals surface area contributed by atoms with Crippen LogP contribution < -0.4 is 9.97 Å². The Morgan fingerprint density at radius 3 is 2.62 bits per heavy atom. The number of carbonyl (C=O) groups excluding carboxylic acids is 1. The van der Waals surface area contributed by atoms with E-state index in [0.29, 0.717) is 11.3 Å². The molecule has 0 atom stereocenters. The summed E-state index contributed by atoms with van der Waals surface area (Å²) >= 11 is 0. The zero-order chi connectivity index (χ0) is 12.1. The van der Waals surface area contributed by atoms with E-state index in [1.807, 2.05) is 0 Å². The summed E-state index contributed by atoms with van der Waals surface area (Å²) in [7, 11) is -1.93. The highest BCUT2D eigenvalue weighted by atomic mass is 16.6. The smallest absolute Gasteiger partial charge is 0.510 e. The predicted molar refractivity (Wildman–Crippen MR) is 60.7 cm³/mol. The van der Waals surface area contributed by atoms with Gasteiger partial charge >= 0.3 is 7.32 Å². The molecule has 1 aromatic carbocycles. The summed E-state index contributed by atoms with van der Waals surface area (Å²) in [6.07, 6.45) is 0. The maximum Gasteiger partial charge on any atom is 0.707 e. The van der Waals surface area contributed by atoms with Crippen LogP contribution in [0.1, 0.15) is 6.92 Å². The number of hydrogen-bond donors (Lipinski definition) is 3. The summed E-state index contributed by atoms with van der Waals surface area (Å²) in [4.78, 5) is 11.4. The van der Waals surface area contributed by atoms with Crippen molar-refractivity contribution in [2.24, 2.45) is 0 Å². The number of rotatable bonds is 4.